The van der Waals surface area contributed by atoms with Gasteiger partial charge in [-0.3, -0.25) is 0 Å². The van der Waals surface area contributed by atoms with Crippen LogP contribution < -0.4 is 5.32 Å². The highest BCUT2D eigenvalue weighted by Gasteiger charge is 2.14. The zero-order valence-electron chi connectivity index (χ0n) is 12.9. The lowest BCUT2D eigenvalue weighted by Gasteiger charge is -2.24. The van der Waals surface area contributed by atoms with Gasteiger partial charge in [0.25, 0.3) is 0 Å². The zero-order chi connectivity index (χ0) is 15.1. The van der Waals surface area contributed by atoms with Crippen LogP contribution in [-0.4, -0.2) is 0 Å². The molecule has 0 heterocycles. The molecule has 0 spiro atoms. The van der Waals surface area contributed by atoms with Crippen LogP contribution in [0, 0.1) is 0 Å². The van der Waals surface area contributed by atoms with Crippen molar-refractivity contribution in [3.05, 3.63) is 70.2 Å². The van der Waals surface area contributed by atoms with Gasteiger partial charge < -0.3 is 5.32 Å². The van der Waals surface area contributed by atoms with Gasteiger partial charge in [0.2, 0.25) is 0 Å². The number of halogens is 1. The van der Waals surface area contributed by atoms with E-state index < -0.39 is 0 Å². The second kappa shape index (κ2) is 8.35. The van der Waals surface area contributed by atoms with Crippen LogP contribution in [-0.2, 0) is 0 Å². The molecule has 2 heteroatoms. The van der Waals surface area contributed by atoms with Gasteiger partial charge in [0.05, 0.1) is 0 Å². The van der Waals surface area contributed by atoms with Crippen LogP contribution in [0.5, 0.6) is 0 Å². The highest BCUT2D eigenvalue weighted by Crippen LogP contribution is 2.24. The van der Waals surface area contributed by atoms with E-state index in [1.54, 1.807) is 0 Å². The minimum Gasteiger partial charge on any atom is -0.303 e. The molecule has 21 heavy (non-hydrogen) atoms. The summed E-state index contributed by atoms with van der Waals surface area (Å²) in [5.74, 6) is 0. The third-order valence-electron chi connectivity index (χ3n) is 3.87. The summed E-state index contributed by atoms with van der Waals surface area (Å²) in [5.41, 5.74) is 2.71. The maximum atomic E-state index is 3.79. The lowest BCUT2D eigenvalue weighted by atomic mass is 9.99. The fourth-order valence-corrected chi connectivity index (χ4v) is 2.85. The predicted molar refractivity (Wildman–Crippen MR) is 94.4 cm³/mol. The van der Waals surface area contributed by atoms with Crippen molar-refractivity contribution in [1.82, 2.24) is 5.32 Å². The SMILES string of the molecule is CCCCC(N[C@H](C)c1ccc(Br)cc1)c1ccccc1. The van der Waals surface area contributed by atoms with E-state index in [0.29, 0.717) is 12.1 Å². The molecule has 0 aliphatic heterocycles. The van der Waals surface area contributed by atoms with Crippen LogP contribution in [0.3, 0.4) is 0 Å². The van der Waals surface area contributed by atoms with Crippen molar-refractivity contribution in [3.63, 3.8) is 0 Å². The third-order valence-corrected chi connectivity index (χ3v) is 4.40. The number of hydrogen-bond donors (Lipinski definition) is 1. The molecule has 0 saturated carbocycles. The van der Waals surface area contributed by atoms with E-state index in [1.807, 2.05) is 0 Å². The molecule has 0 fully saturated rings. The molecule has 0 bridgehead atoms. The predicted octanol–water partition coefficient (Wildman–Crippen LogP) is 6.03. The van der Waals surface area contributed by atoms with Crippen molar-refractivity contribution in [3.8, 4) is 0 Å². The first kappa shape index (κ1) is 16.3. The first-order valence-electron chi connectivity index (χ1n) is 7.77. The molecule has 2 aromatic carbocycles. The molecule has 0 amide bonds. The number of hydrogen-bond acceptors (Lipinski definition) is 1. The molecule has 1 nitrogen and oxygen atoms in total. The van der Waals surface area contributed by atoms with Crippen LogP contribution >= 0.6 is 15.9 Å². The molecule has 0 aliphatic carbocycles. The van der Waals surface area contributed by atoms with Gasteiger partial charge in [-0.1, -0.05) is 78.2 Å². The van der Waals surface area contributed by atoms with Gasteiger partial charge in [-0.25, -0.2) is 0 Å². The molecular formula is C19H24BrN. The van der Waals surface area contributed by atoms with Gasteiger partial charge in [-0.2, -0.15) is 0 Å². The van der Waals surface area contributed by atoms with Crippen molar-refractivity contribution in [1.29, 1.82) is 0 Å². The van der Waals surface area contributed by atoms with Gasteiger partial charge >= 0.3 is 0 Å². The van der Waals surface area contributed by atoms with E-state index in [2.05, 4.69) is 89.7 Å². The van der Waals surface area contributed by atoms with Crippen LogP contribution in [0.4, 0.5) is 0 Å². The average molecular weight is 346 g/mol. The second-order valence-electron chi connectivity index (χ2n) is 5.55. The lowest BCUT2D eigenvalue weighted by molar-refractivity contribution is 0.431. The van der Waals surface area contributed by atoms with Crippen LogP contribution in [0.2, 0.25) is 0 Å². The summed E-state index contributed by atoms with van der Waals surface area (Å²) in [6.07, 6.45) is 3.67. The first-order chi connectivity index (χ1) is 10.2. The highest BCUT2D eigenvalue weighted by molar-refractivity contribution is 9.10. The summed E-state index contributed by atoms with van der Waals surface area (Å²) in [7, 11) is 0. The Bertz CT molecular complexity index is 521. The van der Waals surface area contributed by atoms with E-state index in [-0.39, 0.29) is 0 Å². The Hall–Kier alpha value is -1.12. The normalized spacial score (nSPS) is 13.9. The maximum Gasteiger partial charge on any atom is 0.0325 e. The van der Waals surface area contributed by atoms with Gasteiger partial charge in [0.15, 0.2) is 0 Å². The summed E-state index contributed by atoms with van der Waals surface area (Å²) in [6, 6.07) is 20.1. The Morgan fingerprint density at radius 2 is 1.62 bits per heavy atom. The Balaban J connectivity index is 2.09. The molecule has 0 aliphatic rings. The molecule has 2 atom stereocenters. The summed E-state index contributed by atoms with van der Waals surface area (Å²) in [4.78, 5) is 0. The molecule has 2 aromatic rings. The highest BCUT2D eigenvalue weighted by atomic mass is 79.9. The summed E-state index contributed by atoms with van der Waals surface area (Å²) >= 11 is 3.50. The van der Waals surface area contributed by atoms with E-state index in [4.69, 9.17) is 0 Å². The third kappa shape index (κ3) is 4.98. The quantitative estimate of drug-likeness (QED) is 0.645. The topological polar surface area (TPSA) is 12.0 Å². The standard InChI is InChI=1S/C19H24BrN/c1-3-4-10-19(17-8-6-5-7-9-17)21-15(2)16-11-13-18(20)14-12-16/h5-9,11-15,19,21H,3-4,10H2,1-2H3/t15-,19?/m1/s1. The zero-order valence-corrected chi connectivity index (χ0v) is 14.4. The number of rotatable bonds is 7. The molecule has 1 N–H and O–H groups in total. The van der Waals surface area contributed by atoms with E-state index in [0.717, 1.165) is 4.47 Å². The minimum absolute atomic E-state index is 0.347. The van der Waals surface area contributed by atoms with Crippen LogP contribution in [0.25, 0.3) is 0 Å². The van der Waals surface area contributed by atoms with Crippen molar-refractivity contribution in [2.75, 3.05) is 0 Å². The number of unbranched alkanes of at least 4 members (excludes halogenated alkanes) is 1. The van der Waals surface area contributed by atoms with Gasteiger partial charge in [-0.15, -0.1) is 0 Å². The maximum absolute atomic E-state index is 3.79. The van der Waals surface area contributed by atoms with E-state index >= 15 is 0 Å². The van der Waals surface area contributed by atoms with Crippen molar-refractivity contribution in [2.45, 2.75) is 45.2 Å². The molecule has 0 saturated heterocycles. The first-order valence-corrected chi connectivity index (χ1v) is 8.56. The van der Waals surface area contributed by atoms with Crippen molar-refractivity contribution >= 4 is 15.9 Å². The summed E-state index contributed by atoms with van der Waals surface area (Å²) in [6.45, 7) is 4.49. The second-order valence-corrected chi connectivity index (χ2v) is 6.46. The molecule has 0 radical (unpaired) electrons. The Morgan fingerprint density at radius 3 is 2.24 bits per heavy atom. The van der Waals surface area contributed by atoms with Gasteiger partial charge in [0, 0.05) is 16.6 Å². The van der Waals surface area contributed by atoms with Crippen LogP contribution in [0.1, 0.15) is 56.3 Å². The fourth-order valence-electron chi connectivity index (χ4n) is 2.59. The Morgan fingerprint density at radius 1 is 0.952 bits per heavy atom. The van der Waals surface area contributed by atoms with E-state index in [9.17, 15) is 0 Å². The van der Waals surface area contributed by atoms with Gasteiger partial charge in [0.1, 0.15) is 0 Å². The van der Waals surface area contributed by atoms with Crippen LogP contribution in [0.15, 0.2) is 59.1 Å². The fraction of sp³-hybridized carbons (Fsp3) is 0.368. The summed E-state index contributed by atoms with van der Waals surface area (Å²) < 4.78 is 1.13. The average Bonchev–Trinajstić information content (AvgIpc) is 2.52. The van der Waals surface area contributed by atoms with Crippen molar-refractivity contribution < 1.29 is 0 Å². The number of benzene rings is 2. The van der Waals surface area contributed by atoms with E-state index in [1.165, 1.54) is 30.4 Å². The Kier molecular flexibility index (Phi) is 6.47. The minimum atomic E-state index is 0.347. The monoisotopic (exact) mass is 345 g/mol. The van der Waals surface area contributed by atoms with Gasteiger partial charge in [-0.05, 0) is 36.6 Å². The Labute approximate surface area is 136 Å². The van der Waals surface area contributed by atoms with Crippen molar-refractivity contribution in [2.24, 2.45) is 0 Å². The molecule has 112 valence electrons. The summed E-state index contributed by atoms with van der Waals surface area (Å²) in [5, 5.41) is 3.79. The molecule has 1 unspecified atom stereocenters. The molecule has 0 aromatic heterocycles. The number of nitrogens with one attached hydrogen (secondary N) is 1. The lowest BCUT2D eigenvalue weighted by Crippen LogP contribution is -2.24. The smallest absolute Gasteiger partial charge is 0.0325 e. The molecular weight excluding hydrogens is 322 g/mol. The molecule has 2 rings (SSSR count). The largest absolute Gasteiger partial charge is 0.303 e.